The zero-order valence-electron chi connectivity index (χ0n) is 16.8. The number of hydrogen-bond acceptors (Lipinski definition) is 5. The fourth-order valence-corrected chi connectivity index (χ4v) is 4.25. The largest absolute Gasteiger partial charge is 0.350 e. The summed E-state index contributed by atoms with van der Waals surface area (Å²) in [5, 5.41) is 8.05. The van der Waals surface area contributed by atoms with Gasteiger partial charge in [0.2, 0.25) is 10.9 Å². The first kappa shape index (κ1) is 20.0. The number of benzene rings is 2. The van der Waals surface area contributed by atoms with Gasteiger partial charge < -0.3 is 5.32 Å². The lowest BCUT2D eigenvalue weighted by Crippen LogP contribution is -2.29. The lowest BCUT2D eigenvalue weighted by atomic mass is 9.96. The molecule has 1 amide bonds. The predicted octanol–water partition coefficient (Wildman–Crippen LogP) is 3.94. The van der Waals surface area contributed by atoms with Gasteiger partial charge in [-0.15, -0.1) is 0 Å². The summed E-state index contributed by atoms with van der Waals surface area (Å²) in [5.41, 5.74) is 3.35. The first-order chi connectivity index (χ1) is 14.5. The number of fused-ring (bicyclic) bond motifs is 1. The van der Waals surface area contributed by atoms with Crippen molar-refractivity contribution in [2.24, 2.45) is 0 Å². The van der Waals surface area contributed by atoms with Crippen LogP contribution in [0, 0.1) is 6.92 Å². The Morgan fingerprint density at radius 3 is 2.57 bits per heavy atom. The zero-order chi connectivity index (χ0) is 21.1. The number of carbonyl (C=O) groups excluding carboxylic acids is 1. The van der Waals surface area contributed by atoms with Gasteiger partial charge in [0.1, 0.15) is 5.01 Å². The Morgan fingerprint density at radius 1 is 1.13 bits per heavy atom. The first-order valence-electron chi connectivity index (χ1n) is 9.84. The molecule has 0 aliphatic carbocycles. The highest BCUT2D eigenvalue weighted by molar-refractivity contribution is 7.19. The van der Waals surface area contributed by atoms with Gasteiger partial charge in [-0.05, 0) is 18.9 Å². The molecule has 30 heavy (non-hydrogen) atoms. The van der Waals surface area contributed by atoms with E-state index in [1.165, 1.54) is 21.9 Å². The van der Waals surface area contributed by atoms with Crippen molar-refractivity contribution in [1.29, 1.82) is 0 Å². The fraction of sp³-hybridized carbons (Fsp3) is 0.217. The number of carbonyl (C=O) groups is 1. The molecular weight excluding hydrogens is 396 g/mol. The van der Waals surface area contributed by atoms with Crippen LogP contribution in [0.1, 0.15) is 36.1 Å². The van der Waals surface area contributed by atoms with Crippen molar-refractivity contribution in [3.63, 3.8) is 0 Å². The van der Waals surface area contributed by atoms with Crippen LogP contribution in [-0.2, 0) is 11.3 Å². The second kappa shape index (κ2) is 8.59. The zero-order valence-corrected chi connectivity index (χ0v) is 17.6. The standard InChI is InChI=1S/C23H22N4O2S/c1-3-19(16-7-5-4-6-8-16)21(29)24-14-18-13-20(28)27-23(25-18)30-22(26-27)17-11-9-15(2)10-12-17/h4-13,19H,3,14H2,1-2H3,(H,24,29). The Hall–Kier alpha value is -3.32. The van der Waals surface area contributed by atoms with Gasteiger partial charge in [-0.25, -0.2) is 4.98 Å². The summed E-state index contributed by atoms with van der Waals surface area (Å²) in [7, 11) is 0. The highest BCUT2D eigenvalue weighted by atomic mass is 32.1. The van der Waals surface area contributed by atoms with E-state index in [9.17, 15) is 9.59 Å². The van der Waals surface area contributed by atoms with Crippen molar-refractivity contribution in [1.82, 2.24) is 19.9 Å². The van der Waals surface area contributed by atoms with Gasteiger partial charge in [0.25, 0.3) is 5.56 Å². The molecule has 4 rings (SSSR count). The number of nitrogens with zero attached hydrogens (tertiary/aromatic N) is 3. The smallest absolute Gasteiger partial charge is 0.275 e. The van der Waals surface area contributed by atoms with Crippen LogP contribution in [0.3, 0.4) is 0 Å². The van der Waals surface area contributed by atoms with Crippen molar-refractivity contribution in [2.45, 2.75) is 32.7 Å². The minimum absolute atomic E-state index is 0.0738. The quantitative estimate of drug-likeness (QED) is 0.515. The molecule has 2 aromatic carbocycles. The van der Waals surface area contributed by atoms with Crippen LogP contribution in [-0.4, -0.2) is 20.5 Å². The van der Waals surface area contributed by atoms with Crippen LogP contribution in [0.2, 0.25) is 0 Å². The molecule has 152 valence electrons. The number of aromatic nitrogens is 3. The minimum atomic E-state index is -0.256. The molecule has 0 bridgehead atoms. The van der Waals surface area contributed by atoms with E-state index in [0.717, 1.165) is 21.7 Å². The van der Waals surface area contributed by atoms with Crippen molar-refractivity contribution in [2.75, 3.05) is 0 Å². The second-order valence-corrected chi connectivity index (χ2v) is 8.10. The van der Waals surface area contributed by atoms with Gasteiger partial charge >= 0.3 is 0 Å². The Balaban J connectivity index is 1.54. The van der Waals surface area contributed by atoms with Gasteiger partial charge in [0.05, 0.1) is 18.2 Å². The number of hydrogen-bond donors (Lipinski definition) is 1. The summed E-state index contributed by atoms with van der Waals surface area (Å²) in [4.78, 5) is 30.2. The maximum absolute atomic E-state index is 12.7. The normalized spacial score (nSPS) is 12.1. The Bertz CT molecular complexity index is 1230. The van der Waals surface area contributed by atoms with Crippen molar-refractivity contribution >= 4 is 22.2 Å². The summed E-state index contributed by atoms with van der Waals surface area (Å²) < 4.78 is 1.31. The second-order valence-electron chi connectivity index (χ2n) is 7.14. The van der Waals surface area contributed by atoms with Crippen LogP contribution < -0.4 is 10.9 Å². The third kappa shape index (κ3) is 4.16. The monoisotopic (exact) mass is 418 g/mol. The van der Waals surface area contributed by atoms with Gasteiger partial charge in [0.15, 0.2) is 0 Å². The maximum Gasteiger partial charge on any atom is 0.275 e. The lowest BCUT2D eigenvalue weighted by molar-refractivity contribution is -0.122. The molecule has 1 atom stereocenters. The topological polar surface area (TPSA) is 76.4 Å². The average molecular weight is 419 g/mol. The Labute approximate surface area is 178 Å². The maximum atomic E-state index is 12.7. The summed E-state index contributed by atoms with van der Waals surface area (Å²) in [6.07, 6.45) is 0.694. The molecule has 1 unspecified atom stereocenters. The first-order valence-corrected chi connectivity index (χ1v) is 10.7. The molecule has 2 aromatic heterocycles. The number of amides is 1. The van der Waals surface area contributed by atoms with Gasteiger partial charge in [-0.1, -0.05) is 78.4 Å². The molecule has 0 saturated carbocycles. The van der Waals surface area contributed by atoms with Crippen LogP contribution in [0.15, 0.2) is 65.5 Å². The molecule has 0 radical (unpaired) electrons. The molecule has 2 heterocycles. The van der Waals surface area contributed by atoms with E-state index < -0.39 is 0 Å². The molecule has 0 spiro atoms. The van der Waals surface area contributed by atoms with Crippen molar-refractivity contribution in [3.05, 3.63) is 87.8 Å². The number of rotatable bonds is 6. The Kier molecular flexibility index (Phi) is 5.72. The molecule has 0 saturated heterocycles. The van der Waals surface area contributed by atoms with Gasteiger partial charge in [-0.2, -0.15) is 9.61 Å². The van der Waals surface area contributed by atoms with Crippen molar-refractivity contribution in [3.8, 4) is 10.6 Å². The van der Waals surface area contributed by atoms with Gasteiger partial charge in [0, 0.05) is 11.6 Å². The number of aryl methyl sites for hydroxylation is 1. The molecule has 6 nitrogen and oxygen atoms in total. The van der Waals surface area contributed by atoms with E-state index in [4.69, 9.17) is 0 Å². The third-order valence-electron chi connectivity index (χ3n) is 4.97. The molecular formula is C23H22N4O2S. The lowest BCUT2D eigenvalue weighted by Gasteiger charge is -2.15. The summed E-state index contributed by atoms with van der Waals surface area (Å²) in [6, 6.07) is 19.1. The average Bonchev–Trinajstić information content (AvgIpc) is 3.19. The van der Waals surface area contributed by atoms with Crippen LogP contribution in [0.5, 0.6) is 0 Å². The van der Waals surface area contributed by atoms with Crippen LogP contribution >= 0.6 is 11.3 Å². The molecule has 0 fully saturated rings. The SMILES string of the molecule is CCC(C(=O)NCc1cc(=O)n2nc(-c3ccc(C)cc3)sc2n1)c1ccccc1. The highest BCUT2D eigenvalue weighted by Crippen LogP contribution is 2.24. The van der Waals surface area contributed by atoms with E-state index in [0.29, 0.717) is 17.1 Å². The van der Waals surface area contributed by atoms with E-state index >= 15 is 0 Å². The fourth-order valence-electron chi connectivity index (χ4n) is 3.32. The van der Waals surface area contributed by atoms with E-state index in [-0.39, 0.29) is 23.9 Å². The Morgan fingerprint density at radius 2 is 1.87 bits per heavy atom. The highest BCUT2D eigenvalue weighted by Gasteiger charge is 2.18. The van der Waals surface area contributed by atoms with Crippen LogP contribution in [0.25, 0.3) is 15.5 Å². The van der Waals surface area contributed by atoms with E-state index in [1.807, 2.05) is 68.4 Å². The minimum Gasteiger partial charge on any atom is -0.350 e. The number of nitrogens with one attached hydrogen (secondary N) is 1. The summed E-state index contributed by atoms with van der Waals surface area (Å²) in [6.45, 7) is 4.21. The third-order valence-corrected chi connectivity index (χ3v) is 5.92. The molecule has 1 N–H and O–H groups in total. The van der Waals surface area contributed by atoms with E-state index in [2.05, 4.69) is 15.4 Å². The summed E-state index contributed by atoms with van der Waals surface area (Å²) >= 11 is 1.35. The molecule has 0 aliphatic rings. The molecule has 4 aromatic rings. The molecule has 7 heteroatoms. The predicted molar refractivity (Wildman–Crippen MR) is 119 cm³/mol. The van der Waals surface area contributed by atoms with Crippen LogP contribution in [0.4, 0.5) is 0 Å². The van der Waals surface area contributed by atoms with Crippen molar-refractivity contribution < 1.29 is 4.79 Å². The van der Waals surface area contributed by atoms with E-state index in [1.54, 1.807) is 0 Å². The summed E-state index contributed by atoms with van der Waals surface area (Å²) in [5.74, 6) is -0.303. The molecule has 0 aliphatic heterocycles. The van der Waals surface area contributed by atoms with Gasteiger partial charge in [-0.3, -0.25) is 9.59 Å².